The van der Waals surface area contributed by atoms with E-state index in [9.17, 15) is 19.7 Å². The summed E-state index contributed by atoms with van der Waals surface area (Å²) in [6, 6.07) is 28.6. The number of aromatic nitrogens is 2. The Balaban J connectivity index is 0.000000263. The number of non-ortho nitro benzene ring substituents is 1. The van der Waals surface area contributed by atoms with Crippen molar-refractivity contribution in [2.24, 2.45) is 0 Å². The SMILES string of the molecule is CC(C)c1ccc(CNCC(=O)N(C)CCN(C)c2ccc([N+](=O)[O-])c3nonc23)cc1.CC(C)c1ccc(NC(=O)c2ccccc2)cc1. The second kappa shape index (κ2) is 17.7. The zero-order chi connectivity index (χ0) is 36.2. The van der Waals surface area contributed by atoms with Gasteiger partial charge in [-0.1, -0.05) is 82.3 Å². The van der Waals surface area contributed by atoms with Crippen LogP contribution in [-0.2, 0) is 11.3 Å². The van der Waals surface area contributed by atoms with Crippen molar-refractivity contribution in [3.8, 4) is 0 Å². The lowest BCUT2D eigenvalue weighted by molar-refractivity contribution is -0.383. The Hall–Kier alpha value is -5.62. The first-order valence-electron chi connectivity index (χ1n) is 16.5. The van der Waals surface area contributed by atoms with E-state index >= 15 is 0 Å². The van der Waals surface area contributed by atoms with Crippen LogP contribution in [0.25, 0.3) is 11.0 Å². The first kappa shape index (κ1) is 37.2. The van der Waals surface area contributed by atoms with Gasteiger partial charge in [-0.2, -0.15) is 0 Å². The number of fused-ring (bicyclic) bond motifs is 1. The lowest BCUT2D eigenvalue weighted by Crippen LogP contribution is -2.39. The number of nitro groups is 1. The van der Waals surface area contributed by atoms with E-state index < -0.39 is 4.92 Å². The van der Waals surface area contributed by atoms with Crippen molar-refractivity contribution in [1.82, 2.24) is 20.5 Å². The first-order valence-corrected chi connectivity index (χ1v) is 16.5. The number of hydrogen-bond donors (Lipinski definition) is 2. The second-order valence-corrected chi connectivity index (χ2v) is 12.7. The number of carbonyl (C=O) groups is 2. The Morgan fingerprint density at radius 1 is 0.800 bits per heavy atom. The van der Waals surface area contributed by atoms with Gasteiger partial charge in [0.15, 0.2) is 5.52 Å². The molecule has 0 aliphatic carbocycles. The molecule has 12 nitrogen and oxygen atoms in total. The van der Waals surface area contributed by atoms with Crippen molar-refractivity contribution >= 4 is 39.9 Å². The zero-order valence-electron chi connectivity index (χ0n) is 29.4. The average molecular weight is 680 g/mol. The van der Waals surface area contributed by atoms with Gasteiger partial charge in [0.2, 0.25) is 11.4 Å². The Morgan fingerprint density at radius 3 is 2.00 bits per heavy atom. The van der Waals surface area contributed by atoms with Crippen LogP contribution in [0.2, 0.25) is 0 Å². The van der Waals surface area contributed by atoms with Gasteiger partial charge in [-0.05, 0) is 69.2 Å². The monoisotopic (exact) mass is 679 g/mol. The molecule has 0 fully saturated rings. The number of amides is 2. The highest BCUT2D eigenvalue weighted by Gasteiger charge is 2.21. The van der Waals surface area contributed by atoms with Gasteiger partial charge in [-0.3, -0.25) is 19.7 Å². The number of nitrogens with zero attached hydrogens (tertiary/aromatic N) is 5. The highest BCUT2D eigenvalue weighted by atomic mass is 16.6. The van der Waals surface area contributed by atoms with Gasteiger partial charge in [0.25, 0.3) is 5.91 Å². The standard InChI is InChI=1S/C22H28N6O4.C16H17NO/c1-15(2)17-7-5-16(6-8-17)13-23-14-20(29)27(4)12-11-26(3)18-9-10-19(28(30)31)22-21(18)24-32-25-22;1-12(2)13-8-10-15(11-9-13)17-16(18)14-6-4-3-5-7-14/h5-10,15,23H,11-14H2,1-4H3;3-12H,1-2H3,(H,17,18). The lowest BCUT2D eigenvalue weighted by atomic mass is 10.0. The van der Waals surface area contributed by atoms with Crippen molar-refractivity contribution in [3.63, 3.8) is 0 Å². The average Bonchev–Trinajstić information content (AvgIpc) is 3.61. The molecule has 2 N–H and O–H groups in total. The summed E-state index contributed by atoms with van der Waals surface area (Å²) in [7, 11) is 3.57. The number of likely N-dealkylation sites (N-methyl/N-ethyl adjacent to an activating group) is 2. The normalized spacial score (nSPS) is 10.9. The molecule has 0 spiro atoms. The number of carbonyl (C=O) groups excluding carboxylic acids is 2. The molecule has 5 aromatic rings. The predicted molar refractivity (Wildman–Crippen MR) is 197 cm³/mol. The van der Waals surface area contributed by atoms with E-state index in [0.717, 1.165) is 11.3 Å². The minimum atomic E-state index is -0.519. The van der Waals surface area contributed by atoms with Crippen molar-refractivity contribution in [2.45, 2.75) is 46.1 Å². The van der Waals surface area contributed by atoms with Crippen LogP contribution < -0.4 is 15.5 Å². The second-order valence-electron chi connectivity index (χ2n) is 12.7. The van der Waals surface area contributed by atoms with Crippen molar-refractivity contribution in [2.75, 3.05) is 43.9 Å². The van der Waals surface area contributed by atoms with E-state index in [1.165, 1.54) is 17.2 Å². The van der Waals surface area contributed by atoms with Crippen LogP contribution in [0.1, 0.15) is 66.6 Å². The molecule has 4 aromatic carbocycles. The summed E-state index contributed by atoms with van der Waals surface area (Å²) in [5.41, 5.74) is 6.11. The summed E-state index contributed by atoms with van der Waals surface area (Å²) in [6.45, 7) is 10.5. The summed E-state index contributed by atoms with van der Waals surface area (Å²) in [5, 5.41) is 24.7. The fraction of sp³-hybridized carbons (Fsp3) is 0.316. The number of nitro benzene ring substituents is 1. The van der Waals surface area contributed by atoms with Crippen molar-refractivity contribution in [1.29, 1.82) is 0 Å². The molecule has 50 heavy (non-hydrogen) atoms. The van der Waals surface area contributed by atoms with Gasteiger partial charge in [-0.15, -0.1) is 0 Å². The van der Waals surface area contributed by atoms with Crippen LogP contribution in [-0.4, -0.2) is 65.7 Å². The van der Waals surface area contributed by atoms with Crippen LogP contribution in [0, 0.1) is 10.1 Å². The fourth-order valence-corrected chi connectivity index (χ4v) is 5.05. The number of benzene rings is 4. The first-order chi connectivity index (χ1) is 23.9. The summed E-state index contributed by atoms with van der Waals surface area (Å²) in [5.74, 6) is 0.902. The fourth-order valence-electron chi connectivity index (χ4n) is 5.05. The molecule has 5 rings (SSSR count). The van der Waals surface area contributed by atoms with Gasteiger partial charge < -0.3 is 20.4 Å². The molecule has 0 aliphatic heterocycles. The third-order valence-electron chi connectivity index (χ3n) is 8.30. The minimum Gasteiger partial charge on any atom is -0.371 e. The van der Waals surface area contributed by atoms with E-state index in [0.29, 0.717) is 48.2 Å². The Labute approximate surface area is 292 Å². The molecule has 0 saturated carbocycles. The van der Waals surface area contributed by atoms with E-state index in [1.807, 2.05) is 54.4 Å². The summed E-state index contributed by atoms with van der Waals surface area (Å²) in [4.78, 5) is 38.5. The Morgan fingerprint density at radius 2 is 1.40 bits per heavy atom. The molecule has 0 saturated heterocycles. The maximum atomic E-state index is 12.4. The van der Waals surface area contributed by atoms with E-state index in [2.05, 4.69) is 72.9 Å². The van der Waals surface area contributed by atoms with Gasteiger partial charge in [0, 0.05) is 51.0 Å². The van der Waals surface area contributed by atoms with Crippen LogP contribution in [0.4, 0.5) is 17.1 Å². The predicted octanol–water partition coefficient (Wildman–Crippen LogP) is 7.00. The molecule has 1 aromatic heterocycles. The largest absolute Gasteiger partial charge is 0.371 e. The van der Waals surface area contributed by atoms with E-state index in [4.69, 9.17) is 4.63 Å². The minimum absolute atomic E-state index is 0.0193. The molecule has 12 heteroatoms. The van der Waals surface area contributed by atoms with Crippen molar-refractivity contribution in [3.05, 3.63) is 123 Å². The quantitative estimate of drug-likeness (QED) is 0.0992. The molecule has 0 bridgehead atoms. The molecule has 0 atom stereocenters. The third kappa shape index (κ3) is 10.2. The van der Waals surface area contributed by atoms with Gasteiger partial charge in [-0.25, -0.2) is 4.63 Å². The number of anilines is 2. The Kier molecular flexibility index (Phi) is 13.2. The summed E-state index contributed by atoms with van der Waals surface area (Å²) >= 11 is 0. The third-order valence-corrected chi connectivity index (χ3v) is 8.30. The highest BCUT2D eigenvalue weighted by molar-refractivity contribution is 6.04. The molecule has 2 amide bonds. The molecule has 0 aliphatic rings. The summed E-state index contributed by atoms with van der Waals surface area (Å²) in [6.07, 6.45) is 0. The zero-order valence-corrected chi connectivity index (χ0v) is 29.4. The molecular weight excluding hydrogens is 634 g/mol. The van der Waals surface area contributed by atoms with Crippen LogP contribution in [0.5, 0.6) is 0 Å². The number of hydrogen-bond acceptors (Lipinski definition) is 9. The topological polar surface area (TPSA) is 147 Å². The maximum Gasteiger partial charge on any atom is 0.300 e. The van der Waals surface area contributed by atoms with Crippen LogP contribution in [0.3, 0.4) is 0 Å². The molecule has 0 radical (unpaired) electrons. The number of rotatable bonds is 13. The smallest absolute Gasteiger partial charge is 0.300 e. The maximum absolute atomic E-state index is 12.4. The van der Waals surface area contributed by atoms with E-state index in [1.54, 1.807) is 30.1 Å². The van der Waals surface area contributed by atoms with Gasteiger partial charge in [0.05, 0.1) is 17.2 Å². The highest BCUT2D eigenvalue weighted by Crippen LogP contribution is 2.30. The number of nitrogens with one attached hydrogen (secondary N) is 2. The lowest BCUT2D eigenvalue weighted by Gasteiger charge is -2.24. The van der Waals surface area contributed by atoms with E-state index in [-0.39, 0.29) is 29.6 Å². The molecule has 262 valence electrons. The Bertz CT molecular complexity index is 1860. The van der Waals surface area contributed by atoms with Gasteiger partial charge in [0.1, 0.15) is 0 Å². The molecule has 0 unspecified atom stereocenters. The van der Waals surface area contributed by atoms with Gasteiger partial charge >= 0.3 is 5.69 Å². The van der Waals surface area contributed by atoms with Crippen LogP contribution >= 0.6 is 0 Å². The molecular formula is C38H45N7O5. The summed E-state index contributed by atoms with van der Waals surface area (Å²) < 4.78 is 4.71. The molecule has 1 heterocycles. The van der Waals surface area contributed by atoms with Crippen LogP contribution in [0.15, 0.2) is 95.6 Å². The van der Waals surface area contributed by atoms with Crippen molar-refractivity contribution < 1.29 is 19.1 Å².